The van der Waals surface area contributed by atoms with E-state index in [0.717, 1.165) is 0 Å². The molecule has 0 fully saturated rings. The lowest BCUT2D eigenvalue weighted by atomic mass is 9.85. The predicted octanol–water partition coefficient (Wildman–Crippen LogP) is 0.904. The molecule has 2 atom stereocenters. The lowest BCUT2D eigenvalue weighted by molar-refractivity contribution is -0.142. The summed E-state index contributed by atoms with van der Waals surface area (Å²) in [4.78, 5) is 21.1. The summed E-state index contributed by atoms with van der Waals surface area (Å²) >= 11 is 0. The molecule has 13 heavy (non-hydrogen) atoms. The summed E-state index contributed by atoms with van der Waals surface area (Å²) < 4.78 is 0. The lowest BCUT2D eigenvalue weighted by Crippen LogP contribution is -2.23. The van der Waals surface area contributed by atoms with E-state index >= 15 is 0 Å². The Balaban J connectivity index is 2.80. The first kappa shape index (κ1) is 9.51. The van der Waals surface area contributed by atoms with Crippen LogP contribution in [-0.2, 0) is 9.59 Å². The van der Waals surface area contributed by atoms with Crippen LogP contribution >= 0.6 is 0 Å². The van der Waals surface area contributed by atoms with Crippen LogP contribution in [0.25, 0.3) is 0 Å². The van der Waals surface area contributed by atoms with Gasteiger partial charge in [-0.05, 0) is 6.42 Å². The summed E-state index contributed by atoms with van der Waals surface area (Å²) in [6.45, 7) is 3.55. The molecule has 0 saturated heterocycles. The highest BCUT2D eigenvalue weighted by Crippen LogP contribution is 2.26. The van der Waals surface area contributed by atoms with Crippen molar-refractivity contribution in [3.8, 4) is 0 Å². The van der Waals surface area contributed by atoms with Gasteiger partial charge < -0.3 is 10.2 Å². The highest BCUT2D eigenvalue weighted by molar-refractivity contribution is 5.79. The van der Waals surface area contributed by atoms with Crippen molar-refractivity contribution in [2.45, 2.75) is 6.42 Å². The highest BCUT2D eigenvalue weighted by atomic mass is 16.4. The third-order valence-corrected chi connectivity index (χ3v) is 2.04. The monoisotopic (exact) mass is 182 g/mol. The van der Waals surface area contributed by atoms with Crippen LogP contribution in [-0.4, -0.2) is 22.2 Å². The minimum absolute atomic E-state index is 0.211. The zero-order chi connectivity index (χ0) is 10.0. The molecule has 4 heteroatoms. The Kier molecular flexibility index (Phi) is 2.51. The van der Waals surface area contributed by atoms with Crippen LogP contribution in [0.3, 0.4) is 0 Å². The van der Waals surface area contributed by atoms with Crippen molar-refractivity contribution in [3.05, 3.63) is 24.3 Å². The molecule has 1 rings (SSSR count). The molecule has 1 aliphatic carbocycles. The molecule has 4 nitrogen and oxygen atoms in total. The summed E-state index contributed by atoms with van der Waals surface area (Å²) in [7, 11) is 0. The second kappa shape index (κ2) is 3.43. The van der Waals surface area contributed by atoms with E-state index in [1.54, 1.807) is 0 Å². The Morgan fingerprint density at radius 3 is 2.31 bits per heavy atom. The lowest BCUT2D eigenvalue weighted by Gasteiger charge is -2.19. The van der Waals surface area contributed by atoms with E-state index in [2.05, 4.69) is 6.58 Å². The first-order valence-corrected chi connectivity index (χ1v) is 3.84. The minimum atomic E-state index is -0.981. The quantitative estimate of drug-likeness (QED) is 0.622. The van der Waals surface area contributed by atoms with Gasteiger partial charge in [-0.1, -0.05) is 24.3 Å². The van der Waals surface area contributed by atoms with Gasteiger partial charge >= 0.3 is 11.9 Å². The molecule has 0 radical (unpaired) electrons. The average Bonchev–Trinajstić information content (AvgIpc) is 2.03. The van der Waals surface area contributed by atoms with Crippen LogP contribution in [0.15, 0.2) is 24.3 Å². The van der Waals surface area contributed by atoms with Crippen molar-refractivity contribution in [2.75, 3.05) is 0 Å². The number of hydrogen-bond donors (Lipinski definition) is 2. The number of carboxylic acids is 2. The smallest absolute Gasteiger partial charge is 0.314 e. The fourth-order valence-electron chi connectivity index (χ4n) is 1.29. The van der Waals surface area contributed by atoms with Gasteiger partial charge in [-0.2, -0.15) is 0 Å². The van der Waals surface area contributed by atoms with Crippen LogP contribution in [0, 0.1) is 11.8 Å². The largest absolute Gasteiger partial charge is 0.481 e. The molecule has 1 aliphatic rings. The van der Waals surface area contributed by atoms with Crippen molar-refractivity contribution in [2.24, 2.45) is 11.8 Å². The van der Waals surface area contributed by atoms with Crippen molar-refractivity contribution >= 4 is 11.9 Å². The van der Waals surface area contributed by atoms with Gasteiger partial charge in [0, 0.05) is 0 Å². The van der Waals surface area contributed by atoms with Gasteiger partial charge in [0.25, 0.3) is 0 Å². The number of aliphatic carboxylic acids is 2. The van der Waals surface area contributed by atoms with Crippen LogP contribution in [0.1, 0.15) is 6.42 Å². The summed E-state index contributed by atoms with van der Waals surface area (Å²) in [6, 6.07) is 0. The van der Waals surface area contributed by atoms with Gasteiger partial charge in [-0.15, -0.1) is 0 Å². The number of rotatable bonds is 2. The van der Waals surface area contributed by atoms with Crippen molar-refractivity contribution in [1.82, 2.24) is 0 Å². The average molecular weight is 182 g/mol. The maximum absolute atomic E-state index is 10.6. The Bertz CT molecular complexity index is 290. The SMILES string of the molecule is C=C1CC(C(=O)O)C=CC1C(=O)O. The molecule has 0 aromatic carbocycles. The van der Waals surface area contributed by atoms with Gasteiger partial charge in [0.2, 0.25) is 0 Å². The fraction of sp³-hybridized carbons (Fsp3) is 0.333. The van der Waals surface area contributed by atoms with Gasteiger partial charge in [0.15, 0.2) is 0 Å². The molecule has 2 N–H and O–H groups in total. The Morgan fingerprint density at radius 2 is 1.92 bits per heavy atom. The van der Waals surface area contributed by atoms with E-state index in [9.17, 15) is 9.59 Å². The molecule has 0 aliphatic heterocycles. The van der Waals surface area contributed by atoms with E-state index in [0.29, 0.717) is 5.57 Å². The first-order chi connectivity index (χ1) is 6.02. The minimum Gasteiger partial charge on any atom is -0.481 e. The van der Waals surface area contributed by atoms with Crippen LogP contribution in [0.2, 0.25) is 0 Å². The number of carboxylic acid groups (broad SMARTS) is 2. The summed E-state index contributed by atoms with van der Waals surface area (Å²) in [6.07, 6.45) is 3.01. The molecule has 0 aromatic rings. The topological polar surface area (TPSA) is 74.6 Å². The molecule has 0 saturated carbocycles. The molecule has 0 heterocycles. The Morgan fingerprint density at radius 1 is 1.31 bits per heavy atom. The molecule has 0 bridgehead atoms. The third-order valence-electron chi connectivity index (χ3n) is 2.04. The molecule has 0 spiro atoms. The van der Waals surface area contributed by atoms with E-state index in [4.69, 9.17) is 10.2 Å². The first-order valence-electron chi connectivity index (χ1n) is 3.84. The van der Waals surface area contributed by atoms with E-state index in [-0.39, 0.29) is 6.42 Å². The number of hydrogen-bond acceptors (Lipinski definition) is 2. The van der Waals surface area contributed by atoms with Gasteiger partial charge in [0.1, 0.15) is 0 Å². The van der Waals surface area contributed by atoms with Crippen molar-refractivity contribution in [3.63, 3.8) is 0 Å². The zero-order valence-electron chi connectivity index (χ0n) is 6.93. The van der Waals surface area contributed by atoms with Gasteiger partial charge in [-0.3, -0.25) is 9.59 Å². The van der Waals surface area contributed by atoms with Gasteiger partial charge in [0.05, 0.1) is 11.8 Å². The van der Waals surface area contributed by atoms with Crippen molar-refractivity contribution < 1.29 is 19.8 Å². The van der Waals surface area contributed by atoms with E-state index < -0.39 is 23.8 Å². The summed E-state index contributed by atoms with van der Waals surface area (Å²) in [5.74, 6) is -3.27. The Hall–Kier alpha value is -1.58. The fourth-order valence-corrected chi connectivity index (χ4v) is 1.29. The normalized spacial score (nSPS) is 27.2. The maximum atomic E-state index is 10.6. The second-order valence-corrected chi connectivity index (χ2v) is 3.01. The molecule has 0 aromatic heterocycles. The molecular formula is C9H10O4. The molecular weight excluding hydrogens is 172 g/mol. The highest BCUT2D eigenvalue weighted by Gasteiger charge is 2.27. The van der Waals surface area contributed by atoms with Crippen LogP contribution in [0.4, 0.5) is 0 Å². The number of carbonyl (C=O) groups is 2. The molecule has 2 unspecified atom stereocenters. The standard InChI is InChI=1S/C9H10O4/c1-5-4-6(8(10)11)2-3-7(5)9(12)13/h2-3,6-7H,1,4H2,(H,10,11)(H,12,13). The predicted molar refractivity (Wildman–Crippen MR) is 45.1 cm³/mol. The van der Waals surface area contributed by atoms with Crippen LogP contribution < -0.4 is 0 Å². The molecule has 0 amide bonds. The summed E-state index contributed by atoms with van der Waals surface area (Å²) in [5.41, 5.74) is 0.447. The van der Waals surface area contributed by atoms with Crippen molar-refractivity contribution in [1.29, 1.82) is 0 Å². The third kappa shape index (κ3) is 1.96. The van der Waals surface area contributed by atoms with Gasteiger partial charge in [-0.25, -0.2) is 0 Å². The van der Waals surface area contributed by atoms with E-state index in [1.807, 2.05) is 0 Å². The van der Waals surface area contributed by atoms with E-state index in [1.165, 1.54) is 12.2 Å². The zero-order valence-corrected chi connectivity index (χ0v) is 6.93. The van der Waals surface area contributed by atoms with Crippen LogP contribution in [0.5, 0.6) is 0 Å². The molecule has 70 valence electrons. The second-order valence-electron chi connectivity index (χ2n) is 3.01. The maximum Gasteiger partial charge on any atom is 0.314 e. The Labute approximate surface area is 75.2 Å². The summed E-state index contributed by atoms with van der Waals surface area (Å²) in [5, 5.41) is 17.3.